The molecule has 0 aliphatic carbocycles. The summed E-state index contributed by atoms with van der Waals surface area (Å²) in [6.07, 6.45) is -10.6. The predicted molar refractivity (Wildman–Crippen MR) is 260 cm³/mol. The lowest BCUT2D eigenvalue weighted by Gasteiger charge is -2.26. The largest absolute Gasteiger partial charge is 0.599 e. The number of benzene rings is 4. The zero-order valence-corrected chi connectivity index (χ0v) is 41.3. The summed E-state index contributed by atoms with van der Waals surface area (Å²) < 4.78 is 153. The first-order valence-corrected chi connectivity index (χ1v) is 22.7. The number of alkyl halides is 10. The van der Waals surface area contributed by atoms with Gasteiger partial charge in [-0.3, -0.25) is 0 Å². The molecule has 6 rings (SSSR count). The van der Waals surface area contributed by atoms with Crippen molar-refractivity contribution in [2.45, 2.75) is 129 Å². The third kappa shape index (κ3) is 12.0. The molecule has 374 valence electrons. The van der Waals surface area contributed by atoms with Crippen LogP contribution in [0, 0.1) is 0 Å². The first kappa shape index (κ1) is 53.9. The number of amidine groups is 1. The first-order chi connectivity index (χ1) is 32.0. The average Bonchev–Trinajstić information content (AvgIpc) is 3.84. The number of allylic oxidation sites excluding steroid dienone is 1. The maximum Gasteiger partial charge on any atom is 0.599 e. The summed E-state index contributed by atoms with van der Waals surface area (Å²) in [5.74, 6) is -11.6. The lowest BCUT2D eigenvalue weighted by molar-refractivity contribution is -0.295. The minimum Gasteiger partial charge on any atom is -0.385 e. The Morgan fingerprint density at radius 1 is 0.471 bits per heavy atom. The Labute approximate surface area is 403 Å². The van der Waals surface area contributed by atoms with Gasteiger partial charge in [-0.2, -0.15) is 43.9 Å². The molecule has 1 aliphatic heterocycles. The van der Waals surface area contributed by atoms with E-state index in [9.17, 15) is 43.9 Å². The molecule has 70 heavy (non-hydrogen) atoms. The van der Waals surface area contributed by atoms with Crippen LogP contribution in [0.3, 0.4) is 0 Å². The SMILES string of the molecule is CC(C)(C)c1ccc(C2=CC(c3ccc(C(C)(C)C)cc3)=NC2=Nc2c(-c3ccc(C(C)(C)C)cc3)cc(-c3ccc(C(C)(C)C)cc3)n2B(OCC(F)(F)C(F)(F)F)OCC(F)(F)C(F)(F)F)cc1. The van der Waals surface area contributed by atoms with E-state index in [1.807, 2.05) is 123 Å². The molecule has 2 heterocycles. The Morgan fingerprint density at radius 3 is 1.17 bits per heavy atom. The second-order valence-electron chi connectivity index (χ2n) is 21.8. The van der Waals surface area contributed by atoms with Gasteiger partial charge in [0.1, 0.15) is 19.0 Å². The zero-order valence-electron chi connectivity index (χ0n) is 41.3. The van der Waals surface area contributed by atoms with E-state index in [0.717, 1.165) is 26.7 Å². The summed E-state index contributed by atoms with van der Waals surface area (Å²) in [7, 11) is -2.80. The fourth-order valence-electron chi connectivity index (χ4n) is 7.53. The molecule has 0 bridgehead atoms. The third-order valence-corrected chi connectivity index (χ3v) is 12.0. The van der Waals surface area contributed by atoms with E-state index >= 15 is 0 Å². The number of nitrogens with zero attached hydrogens (tertiary/aromatic N) is 3. The normalized spacial score (nSPS) is 15.1. The Kier molecular flexibility index (Phi) is 14.6. The minimum absolute atomic E-state index is 0.0139. The Bertz CT molecular complexity index is 2710. The molecule has 1 aromatic heterocycles. The number of rotatable bonds is 12. The average molecular weight is 982 g/mol. The minimum atomic E-state index is -6.21. The number of hydrogen-bond acceptors (Lipinski definition) is 3. The van der Waals surface area contributed by atoms with Crippen LogP contribution in [0.25, 0.3) is 28.0 Å². The molecule has 0 saturated carbocycles. The highest BCUT2D eigenvalue weighted by Crippen LogP contribution is 2.44. The van der Waals surface area contributed by atoms with E-state index in [1.165, 1.54) is 6.07 Å². The van der Waals surface area contributed by atoms with Crippen LogP contribution >= 0.6 is 0 Å². The van der Waals surface area contributed by atoms with Crippen LogP contribution in [0.1, 0.15) is 116 Å². The first-order valence-electron chi connectivity index (χ1n) is 22.7. The van der Waals surface area contributed by atoms with Gasteiger partial charge in [-0.15, -0.1) is 0 Å². The maximum absolute atomic E-state index is 14.8. The molecule has 0 saturated heterocycles. The van der Waals surface area contributed by atoms with Gasteiger partial charge in [0.2, 0.25) is 0 Å². The molecule has 0 fully saturated rings. The van der Waals surface area contributed by atoms with Crippen LogP contribution in [0.4, 0.5) is 49.7 Å². The lowest BCUT2D eigenvalue weighted by atomic mass is 9.86. The van der Waals surface area contributed by atoms with Crippen LogP contribution < -0.4 is 0 Å². The van der Waals surface area contributed by atoms with Crippen LogP contribution in [0.2, 0.25) is 0 Å². The lowest BCUT2D eigenvalue weighted by Crippen LogP contribution is -2.47. The second-order valence-corrected chi connectivity index (χ2v) is 21.8. The summed E-state index contributed by atoms with van der Waals surface area (Å²) in [4.78, 5) is 9.98. The van der Waals surface area contributed by atoms with Gasteiger partial charge in [0.25, 0.3) is 0 Å². The van der Waals surface area contributed by atoms with E-state index < -0.39 is 50.1 Å². The molecular weight excluding hydrogens is 923 g/mol. The fraction of sp³-hybridized carbons (Fsp3) is 0.407. The van der Waals surface area contributed by atoms with Gasteiger partial charge in [-0.25, -0.2) is 9.98 Å². The number of hydrogen-bond donors (Lipinski definition) is 0. The smallest absolute Gasteiger partial charge is 0.385 e. The van der Waals surface area contributed by atoms with Crippen LogP contribution in [-0.2, 0) is 31.0 Å². The molecule has 0 N–H and O–H groups in total. The van der Waals surface area contributed by atoms with Crippen molar-refractivity contribution < 1.29 is 53.2 Å². The topological polar surface area (TPSA) is 48.1 Å². The summed E-state index contributed by atoms with van der Waals surface area (Å²) in [5.41, 5.74) is 5.43. The summed E-state index contributed by atoms with van der Waals surface area (Å²) in [6.45, 7) is 19.0. The molecule has 0 atom stereocenters. The van der Waals surface area contributed by atoms with Crippen molar-refractivity contribution >= 4 is 30.2 Å². The van der Waals surface area contributed by atoms with Crippen molar-refractivity contribution in [3.05, 3.63) is 143 Å². The molecule has 0 amide bonds. The van der Waals surface area contributed by atoms with Crippen molar-refractivity contribution in [1.82, 2.24) is 4.48 Å². The predicted octanol–water partition coefficient (Wildman–Crippen LogP) is 15.9. The molecule has 0 radical (unpaired) electrons. The molecule has 5 aromatic rings. The van der Waals surface area contributed by atoms with Crippen LogP contribution in [0.15, 0.2) is 119 Å². The number of aliphatic imine (C=N–C) groups is 2. The van der Waals surface area contributed by atoms with E-state index in [1.54, 1.807) is 42.5 Å². The van der Waals surface area contributed by atoms with Gasteiger partial charge in [-0.1, -0.05) is 180 Å². The molecule has 5 nitrogen and oxygen atoms in total. The van der Waals surface area contributed by atoms with Gasteiger partial charge in [0.05, 0.1) is 5.71 Å². The van der Waals surface area contributed by atoms with E-state index in [2.05, 4.69) is 20.8 Å². The third-order valence-electron chi connectivity index (χ3n) is 12.0. The molecule has 4 aromatic carbocycles. The van der Waals surface area contributed by atoms with Gasteiger partial charge < -0.3 is 13.8 Å². The van der Waals surface area contributed by atoms with E-state index in [-0.39, 0.29) is 44.7 Å². The monoisotopic (exact) mass is 981 g/mol. The summed E-state index contributed by atoms with van der Waals surface area (Å²) >= 11 is 0. The Morgan fingerprint density at radius 2 is 0.814 bits per heavy atom. The highest BCUT2D eigenvalue weighted by atomic mass is 19.4. The Hall–Kier alpha value is -5.48. The van der Waals surface area contributed by atoms with Crippen LogP contribution in [-0.4, -0.2) is 60.7 Å². The fourth-order valence-corrected chi connectivity index (χ4v) is 7.53. The summed E-state index contributed by atoms with van der Waals surface area (Å²) in [6, 6.07) is 30.4. The van der Waals surface area contributed by atoms with Gasteiger partial charge in [0.15, 0.2) is 5.84 Å². The maximum atomic E-state index is 14.8. The van der Waals surface area contributed by atoms with Crippen LogP contribution in [0.5, 0.6) is 0 Å². The van der Waals surface area contributed by atoms with Gasteiger partial charge >= 0.3 is 31.5 Å². The van der Waals surface area contributed by atoms with Crippen molar-refractivity contribution in [3.63, 3.8) is 0 Å². The highest BCUT2D eigenvalue weighted by Gasteiger charge is 2.60. The standard InChI is InChI=1S/C54H58BF10N3O2/c1-47(2,3)37-21-13-33(14-22-37)41-29-43(35-17-25-39(26-18-35)49(7,8)9)66-45(41)67-46-42(34-15-23-38(24-16-34)48(4,5)6)30-44(36-19-27-40(28-20-36)50(10,11)12)68(46)55(69-31-51(56,57)53(60,61)62)70-32-52(58,59)54(63,64)65/h13-30H,31-32H2,1-12H3. The van der Waals surface area contributed by atoms with Gasteiger partial charge in [-0.05, 0) is 72.7 Å². The Balaban J connectivity index is 1.72. The molecule has 0 spiro atoms. The highest BCUT2D eigenvalue weighted by molar-refractivity contribution is 6.45. The zero-order chi connectivity index (χ0) is 52.2. The molecule has 1 aliphatic rings. The van der Waals surface area contributed by atoms with Gasteiger partial charge in [0, 0.05) is 22.4 Å². The van der Waals surface area contributed by atoms with Crippen molar-refractivity contribution in [1.29, 1.82) is 0 Å². The summed E-state index contributed by atoms with van der Waals surface area (Å²) in [5, 5.41) is 0. The van der Waals surface area contributed by atoms with E-state index in [0.29, 0.717) is 28.0 Å². The van der Waals surface area contributed by atoms with Crippen molar-refractivity contribution in [3.8, 4) is 22.4 Å². The molecular formula is C54H58BF10N3O2. The second kappa shape index (κ2) is 18.9. The molecule has 16 heteroatoms. The van der Waals surface area contributed by atoms with Crippen molar-refractivity contribution in [2.75, 3.05) is 13.2 Å². The van der Waals surface area contributed by atoms with E-state index in [4.69, 9.17) is 19.3 Å². The van der Waals surface area contributed by atoms with Crippen molar-refractivity contribution in [2.24, 2.45) is 9.98 Å². The molecule has 0 unspecified atom stereocenters. The quantitative estimate of drug-likeness (QED) is 0.0924. The number of halogens is 10. The number of aromatic nitrogens is 1.